The second-order valence-corrected chi connectivity index (χ2v) is 3.31. The summed E-state index contributed by atoms with van der Waals surface area (Å²) in [6.45, 7) is 0. The van der Waals surface area contributed by atoms with E-state index < -0.39 is 22.9 Å². The lowest BCUT2D eigenvalue weighted by atomic mass is 10.1. The number of aromatic carboxylic acids is 1. The Morgan fingerprint density at radius 3 is 2.71 bits per heavy atom. The zero-order valence-electron chi connectivity index (χ0n) is 8.48. The lowest BCUT2D eigenvalue weighted by Crippen LogP contribution is -2.17. The van der Waals surface area contributed by atoms with Crippen molar-refractivity contribution >= 4 is 5.97 Å². The van der Waals surface area contributed by atoms with Crippen LogP contribution in [0.1, 0.15) is 10.5 Å². The van der Waals surface area contributed by atoms with Crippen LogP contribution in [0.2, 0.25) is 0 Å². The number of benzene rings is 1. The van der Waals surface area contributed by atoms with Crippen molar-refractivity contribution in [3.05, 3.63) is 52.1 Å². The summed E-state index contributed by atoms with van der Waals surface area (Å²) >= 11 is 0. The molecule has 0 aliphatic heterocycles. The third-order valence-corrected chi connectivity index (χ3v) is 2.14. The minimum Gasteiger partial charge on any atom is -0.476 e. The summed E-state index contributed by atoms with van der Waals surface area (Å²) in [6, 6.07) is 6.61. The number of halogens is 1. The Balaban J connectivity index is 2.52. The van der Waals surface area contributed by atoms with Crippen LogP contribution in [0.15, 0.2) is 35.1 Å². The molecule has 1 heterocycles. The van der Waals surface area contributed by atoms with Gasteiger partial charge in [-0.05, 0) is 12.1 Å². The summed E-state index contributed by atoms with van der Waals surface area (Å²) in [5.41, 5.74) is -0.633. The zero-order valence-corrected chi connectivity index (χ0v) is 8.48. The highest BCUT2D eigenvalue weighted by molar-refractivity contribution is 5.85. The fourth-order valence-corrected chi connectivity index (χ4v) is 1.36. The number of aromatic amines is 1. The van der Waals surface area contributed by atoms with Crippen molar-refractivity contribution in [1.29, 1.82) is 0 Å². The first-order valence-corrected chi connectivity index (χ1v) is 4.67. The van der Waals surface area contributed by atoms with Gasteiger partial charge >= 0.3 is 5.97 Å². The molecule has 2 aromatic rings. The summed E-state index contributed by atoms with van der Waals surface area (Å²) in [7, 11) is 0. The first kappa shape index (κ1) is 11.0. The van der Waals surface area contributed by atoms with Gasteiger partial charge in [0.15, 0.2) is 0 Å². The second-order valence-electron chi connectivity index (χ2n) is 3.31. The molecule has 2 rings (SSSR count). The van der Waals surface area contributed by atoms with Crippen LogP contribution in [0.4, 0.5) is 4.39 Å². The summed E-state index contributed by atoms with van der Waals surface area (Å²) in [5, 5.41) is 14.5. The highest BCUT2D eigenvalue weighted by atomic mass is 19.1. The van der Waals surface area contributed by atoms with Crippen LogP contribution in [0.3, 0.4) is 0 Å². The van der Waals surface area contributed by atoms with Gasteiger partial charge in [-0.15, -0.1) is 0 Å². The molecule has 0 aliphatic carbocycles. The topological polar surface area (TPSA) is 83.0 Å². The maximum Gasteiger partial charge on any atom is 0.360 e. The van der Waals surface area contributed by atoms with Gasteiger partial charge in [0, 0.05) is 11.6 Å². The molecule has 86 valence electrons. The van der Waals surface area contributed by atoms with E-state index in [-0.39, 0.29) is 5.69 Å². The maximum absolute atomic E-state index is 13.0. The molecule has 1 aromatic carbocycles. The van der Waals surface area contributed by atoms with Crippen molar-refractivity contribution in [3.8, 4) is 11.3 Å². The molecule has 5 nitrogen and oxygen atoms in total. The van der Waals surface area contributed by atoms with Gasteiger partial charge in [-0.25, -0.2) is 9.18 Å². The van der Waals surface area contributed by atoms with E-state index in [0.717, 1.165) is 6.07 Å². The molecule has 0 amide bonds. The lowest BCUT2D eigenvalue weighted by Gasteiger charge is -2.01. The molecule has 0 aliphatic rings. The first-order valence-electron chi connectivity index (χ1n) is 4.67. The predicted octanol–water partition coefficient (Wildman–Crippen LogP) is 1.27. The van der Waals surface area contributed by atoms with Crippen LogP contribution in [0.5, 0.6) is 0 Å². The van der Waals surface area contributed by atoms with Crippen LogP contribution >= 0.6 is 0 Å². The number of hydrogen-bond acceptors (Lipinski definition) is 3. The molecule has 0 atom stereocenters. The van der Waals surface area contributed by atoms with Crippen LogP contribution in [-0.4, -0.2) is 21.3 Å². The van der Waals surface area contributed by atoms with E-state index in [0.29, 0.717) is 5.56 Å². The minimum atomic E-state index is -1.41. The number of aromatic nitrogens is 2. The second kappa shape index (κ2) is 4.17. The number of rotatable bonds is 2. The van der Waals surface area contributed by atoms with Gasteiger partial charge in [0.2, 0.25) is 11.1 Å². The molecule has 17 heavy (non-hydrogen) atoms. The van der Waals surface area contributed by atoms with E-state index in [1.165, 1.54) is 18.2 Å². The molecule has 0 fully saturated rings. The van der Waals surface area contributed by atoms with Gasteiger partial charge in [-0.2, -0.15) is 5.10 Å². The molecule has 2 N–H and O–H groups in total. The van der Waals surface area contributed by atoms with Crippen molar-refractivity contribution in [3.63, 3.8) is 0 Å². The fraction of sp³-hybridized carbons (Fsp3) is 0. The summed E-state index contributed by atoms with van der Waals surface area (Å²) in [4.78, 5) is 22.0. The lowest BCUT2D eigenvalue weighted by molar-refractivity contribution is 0.0687. The predicted molar refractivity (Wildman–Crippen MR) is 57.2 cm³/mol. The average molecular weight is 234 g/mol. The first-order chi connectivity index (χ1) is 8.08. The Bertz CT molecular complexity index is 637. The van der Waals surface area contributed by atoms with Crippen molar-refractivity contribution in [2.24, 2.45) is 0 Å². The Hall–Kier alpha value is -2.50. The van der Waals surface area contributed by atoms with E-state index >= 15 is 0 Å². The summed E-state index contributed by atoms with van der Waals surface area (Å²) in [5.74, 6) is -1.86. The standard InChI is InChI=1S/C11H7FN2O3/c12-7-3-1-2-6(4-7)8-5-9(15)10(11(16)17)14-13-8/h1-5H,(H,13,15)(H,16,17). The SMILES string of the molecule is O=C(O)c1n[nH]c(-c2cccc(F)c2)cc1=O. The number of carbonyl (C=O) groups is 1. The van der Waals surface area contributed by atoms with Crippen molar-refractivity contribution < 1.29 is 14.3 Å². The van der Waals surface area contributed by atoms with E-state index in [9.17, 15) is 14.0 Å². The summed E-state index contributed by atoms with van der Waals surface area (Å²) < 4.78 is 13.0. The van der Waals surface area contributed by atoms with Gasteiger partial charge < -0.3 is 5.11 Å². The molecule has 1 aromatic heterocycles. The number of nitrogens with zero attached hydrogens (tertiary/aromatic N) is 1. The van der Waals surface area contributed by atoms with E-state index in [4.69, 9.17) is 5.11 Å². The molecule has 0 unspecified atom stereocenters. The van der Waals surface area contributed by atoms with Gasteiger partial charge in [-0.3, -0.25) is 9.89 Å². The van der Waals surface area contributed by atoms with Crippen LogP contribution < -0.4 is 5.43 Å². The molecular weight excluding hydrogens is 227 g/mol. The molecule has 0 spiro atoms. The number of nitrogens with one attached hydrogen (secondary N) is 1. The van der Waals surface area contributed by atoms with Gasteiger partial charge in [0.05, 0.1) is 5.69 Å². The van der Waals surface area contributed by atoms with Crippen LogP contribution in [0, 0.1) is 5.82 Å². The molecule has 0 bridgehead atoms. The van der Waals surface area contributed by atoms with Gasteiger partial charge in [0.25, 0.3) is 0 Å². The minimum absolute atomic E-state index is 0.263. The number of carboxylic acids is 1. The Morgan fingerprint density at radius 1 is 1.35 bits per heavy atom. The number of carboxylic acid groups (broad SMARTS) is 1. The molecule has 0 saturated heterocycles. The third kappa shape index (κ3) is 2.20. The van der Waals surface area contributed by atoms with Gasteiger partial charge in [-0.1, -0.05) is 12.1 Å². The molecule has 0 saturated carbocycles. The third-order valence-electron chi connectivity index (χ3n) is 2.14. The Morgan fingerprint density at radius 2 is 2.12 bits per heavy atom. The Kier molecular flexibility index (Phi) is 2.70. The largest absolute Gasteiger partial charge is 0.476 e. The van der Waals surface area contributed by atoms with Gasteiger partial charge in [0.1, 0.15) is 5.82 Å². The highest BCUT2D eigenvalue weighted by Gasteiger charge is 2.11. The zero-order chi connectivity index (χ0) is 12.4. The van der Waals surface area contributed by atoms with Crippen molar-refractivity contribution in [2.45, 2.75) is 0 Å². The molecule has 6 heteroatoms. The van der Waals surface area contributed by atoms with Crippen molar-refractivity contribution in [1.82, 2.24) is 10.2 Å². The quantitative estimate of drug-likeness (QED) is 0.819. The van der Waals surface area contributed by atoms with Crippen LogP contribution in [-0.2, 0) is 0 Å². The Labute approximate surface area is 94.5 Å². The highest BCUT2D eigenvalue weighted by Crippen LogP contribution is 2.15. The van der Waals surface area contributed by atoms with Crippen molar-refractivity contribution in [2.75, 3.05) is 0 Å². The maximum atomic E-state index is 13.0. The molecular formula is C11H7FN2O3. The normalized spacial score (nSPS) is 10.2. The number of hydrogen-bond donors (Lipinski definition) is 2. The van der Waals surface area contributed by atoms with E-state index in [2.05, 4.69) is 10.2 Å². The fourth-order valence-electron chi connectivity index (χ4n) is 1.36. The monoisotopic (exact) mass is 234 g/mol. The molecule has 0 radical (unpaired) electrons. The summed E-state index contributed by atoms with van der Waals surface area (Å²) in [6.07, 6.45) is 0. The smallest absolute Gasteiger partial charge is 0.360 e. The number of H-pyrrole nitrogens is 1. The van der Waals surface area contributed by atoms with E-state index in [1.54, 1.807) is 6.07 Å². The average Bonchev–Trinajstić information content (AvgIpc) is 2.28. The van der Waals surface area contributed by atoms with Crippen LogP contribution in [0.25, 0.3) is 11.3 Å². The van der Waals surface area contributed by atoms with E-state index in [1.807, 2.05) is 0 Å².